The lowest BCUT2D eigenvalue weighted by Crippen LogP contribution is -2.26. The monoisotopic (exact) mass is 330 g/mol. The number of hydrogen-bond acceptors (Lipinski definition) is 6. The average Bonchev–Trinajstić information content (AvgIpc) is 2.79. The van der Waals surface area contributed by atoms with Crippen LogP contribution in [0.15, 0.2) is 30.3 Å². The molecule has 120 valence electrons. The number of nitrogens with zero attached hydrogens (tertiary/aromatic N) is 3. The summed E-state index contributed by atoms with van der Waals surface area (Å²) >= 11 is 1.59. The Morgan fingerprint density at radius 3 is 3.04 bits per heavy atom. The Morgan fingerprint density at radius 2 is 2.22 bits per heavy atom. The highest BCUT2D eigenvalue weighted by Gasteiger charge is 2.16. The van der Waals surface area contributed by atoms with Gasteiger partial charge in [-0.2, -0.15) is 0 Å². The van der Waals surface area contributed by atoms with E-state index >= 15 is 0 Å². The van der Waals surface area contributed by atoms with Gasteiger partial charge in [-0.05, 0) is 12.0 Å². The van der Waals surface area contributed by atoms with Crippen molar-refractivity contribution in [3.63, 3.8) is 0 Å². The Hall–Kier alpha value is -2.25. The SMILES string of the molecule is Nc1nc2c(s1)CCN(C/C=C/c1cccc([N+](=O)[O-])c1)CC2. The van der Waals surface area contributed by atoms with Crippen molar-refractivity contribution in [3.05, 3.63) is 56.6 Å². The van der Waals surface area contributed by atoms with Gasteiger partial charge < -0.3 is 5.73 Å². The van der Waals surface area contributed by atoms with Gasteiger partial charge in [0.1, 0.15) is 0 Å². The Kier molecular flexibility index (Phi) is 4.68. The van der Waals surface area contributed by atoms with Gasteiger partial charge in [0.25, 0.3) is 5.69 Å². The van der Waals surface area contributed by atoms with Crippen molar-refractivity contribution in [2.24, 2.45) is 0 Å². The molecule has 2 aromatic rings. The molecule has 0 aliphatic carbocycles. The summed E-state index contributed by atoms with van der Waals surface area (Å²) in [6, 6.07) is 6.67. The van der Waals surface area contributed by atoms with Crippen molar-refractivity contribution < 1.29 is 4.92 Å². The number of benzene rings is 1. The molecule has 0 radical (unpaired) electrons. The van der Waals surface area contributed by atoms with Gasteiger partial charge in [0, 0.05) is 43.1 Å². The van der Waals surface area contributed by atoms with Gasteiger partial charge in [-0.25, -0.2) is 4.98 Å². The van der Waals surface area contributed by atoms with Gasteiger partial charge in [0.15, 0.2) is 5.13 Å². The number of rotatable bonds is 4. The third-order valence-corrected chi connectivity index (χ3v) is 4.86. The first-order valence-corrected chi connectivity index (χ1v) is 8.31. The second-order valence-electron chi connectivity index (χ2n) is 5.48. The summed E-state index contributed by atoms with van der Waals surface area (Å²) in [6.07, 6.45) is 5.90. The lowest BCUT2D eigenvalue weighted by Gasteiger charge is -2.17. The maximum absolute atomic E-state index is 10.8. The molecule has 0 bridgehead atoms. The summed E-state index contributed by atoms with van der Waals surface area (Å²) in [4.78, 5) is 18.5. The Bertz CT molecular complexity index is 716. The first-order chi connectivity index (χ1) is 11.1. The minimum atomic E-state index is -0.372. The lowest BCUT2D eigenvalue weighted by molar-refractivity contribution is -0.384. The quantitative estimate of drug-likeness (QED) is 0.688. The Labute approximate surface area is 138 Å². The first kappa shape index (κ1) is 15.6. The van der Waals surface area contributed by atoms with Crippen LogP contribution in [-0.4, -0.2) is 34.4 Å². The fraction of sp³-hybridized carbons (Fsp3) is 0.312. The molecule has 0 saturated heterocycles. The van der Waals surface area contributed by atoms with E-state index in [0.29, 0.717) is 5.13 Å². The molecule has 7 heteroatoms. The zero-order valence-electron chi connectivity index (χ0n) is 12.6. The van der Waals surface area contributed by atoms with E-state index < -0.39 is 0 Å². The number of nitrogen functional groups attached to an aromatic ring is 1. The fourth-order valence-electron chi connectivity index (χ4n) is 2.69. The lowest BCUT2D eigenvalue weighted by atomic mass is 10.2. The van der Waals surface area contributed by atoms with E-state index in [9.17, 15) is 10.1 Å². The molecule has 3 rings (SSSR count). The van der Waals surface area contributed by atoms with Gasteiger partial charge in [0.2, 0.25) is 0 Å². The number of anilines is 1. The van der Waals surface area contributed by atoms with Crippen molar-refractivity contribution in [1.29, 1.82) is 0 Å². The molecular formula is C16H18N4O2S. The number of non-ortho nitro benzene ring substituents is 1. The van der Waals surface area contributed by atoms with E-state index in [-0.39, 0.29) is 10.6 Å². The van der Waals surface area contributed by atoms with Crippen LogP contribution in [-0.2, 0) is 12.8 Å². The van der Waals surface area contributed by atoms with Crippen LogP contribution in [0.25, 0.3) is 6.08 Å². The van der Waals surface area contributed by atoms with Crippen LogP contribution in [0.3, 0.4) is 0 Å². The predicted molar refractivity (Wildman–Crippen MR) is 92.5 cm³/mol. The molecule has 0 amide bonds. The largest absolute Gasteiger partial charge is 0.375 e. The summed E-state index contributed by atoms with van der Waals surface area (Å²) < 4.78 is 0. The summed E-state index contributed by atoms with van der Waals surface area (Å²) in [5, 5.41) is 11.4. The van der Waals surface area contributed by atoms with Gasteiger partial charge in [-0.3, -0.25) is 15.0 Å². The summed E-state index contributed by atoms with van der Waals surface area (Å²) in [5.74, 6) is 0. The van der Waals surface area contributed by atoms with E-state index in [1.165, 1.54) is 10.9 Å². The topological polar surface area (TPSA) is 85.3 Å². The molecule has 0 unspecified atom stereocenters. The van der Waals surface area contributed by atoms with E-state index in [1.54, 1.807) is 23.5 Å². The van der Waals surface area contributed by atoms with Gasteiger partial charge in [-0.15, -0.1) is 11.3 Å². The normalized spacial score (nSPS) is 15.5. The molecule has 0 spiro atoms. The highest BCUT2D eigenvalue weighted by atomic mass is 32.1. The van der Waals surface area contributed by atoms with Crippen LogP contribution in [0.2, 0.25) is 0 Å². The molecule has 6 nitrogen and oxygen atoms in total. The number of aromatic nitrogens is 1. The van der Waals surface area contributed by atoms with Crippen molar-refractivity contribution in [1.82, 2.24) is 9.88 Å². The molecule has 1 aliphatic rings. The minimum Gasteiger partial charge on any atom is -0.375 e. The maximum Gasteiger partial charge on any atom is 0.270 e. The zero-order valence-corrected chi connectivity index (χ0v) is 13.5. The van der Waals surface area contributed by atoms with Crippen molar-refractivity contribution >= 4 is 28.2 Å². The summed E-state index contributed by atoms with van der Waals surface area (Å²) in [6.45, 7) is 2.76. The highest BCUT2D eigenvalue weighted by Crippen LogP contribution is 2.24. The predicted octanol–water partition coefficient (Wildman–Crippen LogP) is 2.75. The van der Waals surface area contributed by atoms with Crippen LogP contribution < -0.4 is 5.73 Å². The average molecular weight is 330 g/mol. The molecule has 0 fully saturated rings. The van der Waals surface area contributed by atoms with Gasteiger partial charge in [-0.1, -0.05) is 24.3 Å². The van der Waals surface area contributed by atoms with E-state index in [0.717, 1.165) is 43.7 Å². The van der Waals surface area contributed by atoms with Crippen LogP contribution >= 0.6 is 11.3 Å². The molecule has 23 heavy (non-hydrogen) atoms. The molecule has 1 aromatic heterocycles. The Morgan fingerprint density at radius 1 is 1.39 bits per heavy atom. The second-order valence-corrected chi connectivity index (χ2v) is 6.59. The van der Waals surface area contributed by atoms with Crippen LogP contribution in [0.1, 0.15) is 16.1 Å². The second kappa shape index (κ2) is 6.89. The molecule has 2 N–H and O–H groups in total. The smallest absolute Gasteiger partial charge is 0.270 e. The molecule has 0 saturated carbocycles. The highest BCUT2D eigenvalue weighted by molar-refractivity contribution is 7.15. The number of nitro benzene ring substituents is 1. The third kappa shape index (κ3) is 3.94. The molecule has 1 aliphatic heterocycles. The minimum absolute atomic E-state index is 0.120. The van der Waals surface area contributed by atoms with E-state index in [2.05, 4.69) is 16.0 Å². The van der Waals surface area contributed by atoms with Crippen LogP contribution in [0, 0.1) is 10.1 Å². The number of hydrogen-bond donors (Lipinski definition) is 1. The van der Waals surface area contributed by atoms with E-state index in [1.807, 2.05) is 12.1 Å². The standard InChI is InChI=1S/C16H18N4O2S/c17-16-18-14-6-9-19(10-7-15(14)23-16)8-2-4-12-3-1-5-13(11-12)20(21)22/h1-5,11H,6-10H2,(H2,17,18)/b4-2+. The molecule has 1 aromatic carbocycles. The molecule has 2 heterocycles. The summed E-state index contributed by atoms with van der Waals surface area (Å²) in [5.41, 5.74) is 7.86. The van der Waals surface area contributed by atoms with Gasteiger partial charge >= 0.3 is 0 Å². The van der Waals surface area contributed by atoms with Gasteiger partial charge in [0.05, 0.1) is 10.6 Å². The van der Waals surface area contributed by atoms with Crippen molar-refractivity contribution in [2.75, 3.05) is 25.4 Å². The number of nitro groups is 1. The fourth-order valence-corrected chi connectivity index (χ4v) is 3.56. The Balaban J connectivity index is 1.57. The molecule has 0 atom stereocenters. The number of fused-ring (bicyclic) bond motifs is 1. The van der Waals surface area contributed by atoms with Crippen LogP contribution in [0.4, 0.5) is 10.8 Å². The number of thiazole rings is 1. The van der Waals surface area contributed by atoms with Crippen molar-refractivity contribution in [2.45, 2.75) is 12.8 Å². The number of nitrogens with two attached hydrogens (primary N) is 1. The van der Waals surface area contributed by atoms with Crippen molar-refractivity contribution in [3.8, 4) is 0 Å². The maximum atomic E-state index is 10.8. The van der Waals surface area contributed by atoms with E-state index in [4.69, 9.17) is 5.73 Å². The third-order valence-electron chi connectivity index (χ3n) is 3.87. The summed E-state index contributed by atoms with van der Waals surface area (Å²) in [7, 11) is 0. The molecular weight excluding hydrogens is 312 g/mol. The zero-order chi connectivity index (χ0) is 16.2. The van der Waals surface area contributed by atoms with Crippen LogP contribution in [0.5, 0.6) is 0 Å². The first-order valence-electron chi connectivity index (χ1n) is 7.49.